The maximum Gasteiger partial charge on any atom is 0.334 e. The van der Waals surface area contributed by atoms with E-state index in [0.29, 0.717) is 83.7 Å². The molecule has 0 unspecified atom stereocenters. The molecule has 3 aromatic rings. The zero-order valence-electron chi connectivity index (χ0n) is 49.2. The summed E-state index contributed by atoms with van der Waals surface area (Å²) in [5.74, 6) is 3.41. The number of ether oxygens (including phenoxy) is 3. The molecule has 0 spiro atoms. The number of benzene rings is 3. The second-order valence-electron chi connectivity index (χ2n) is 26.7. The first kappa shape index (κ1) is 59.4. The molecule has 0 amide bonds. The summed E-state index contributed by atoms with van der Waals surface area (Å²) in [4.78, 5) is 44.5. The molecule has 14 heteroatoms. The Morgan fingerprint density at radius 1 is 0.892 bits per heavy atom. The fourth-order valence-electron chi connectivity index (χ4n) is 16.4. The number of phenols is 1. The van der Waals surface area contributed by atoms with E-state index in [1.54, 1.807) is 13.0 Å². The van der Waals surface area contributed by atoms with Crippen LogP contribution in [0.3, 0.4) is 0 Å². The van der Waals surface area contributed by atoms with Crippen LogP contribution >= 0.6 is 0 Å². The van der Waals surface area contributed by atoms with E-state index in [-0.39, 0.29) is 98.0 Å². The fourth-order valence-corrected chi connectivity index (χ4v) is 16.4. The van der Waals surface area contributed by atoms with Crippen molar-refractivity contribution in [2.75, 3.05) is 32.6 Å². The van der Waals surface area contributed by atoms with Crippen LogP contribution in [0.2, 0.25) is 0 Å². The molecule has 0 radical (unpaired) electrons. The van der Waals surface area contributed by atoms with Crippen LogP contribution in [0, 0.1) is 47.3 Å². The molecule has 3 aliphatic heterocycles. The summed E-state index contributed by atoms with van der Waals surface area (Å²) in [5.41, 5.74) is 3.01. The number of aliphatic hydroxyl groups is 5. The van der Waals surface area contributed by atoms with Crippen molar-refractivity contribution in [2.45, 2.75) is 202 Å². The van der Waals surface area contributed by atoms with Gasteiger partial charge in [0, 0.05) is 73.2 Å². The van der Waals surface area contributed by atoms with Gasteiger partial charge in [-0.25, -0.2) is 4.79 Å². The Hall–Kier alpha value is -5.37. The highest BCUT2D eigenvalue weighted by Crippen LogP contribution is 2.59. The Labute approximate surface area is 489 Å². The molecular formula is C69H88N2O12. The number of methoxy groups -OCH3 is 1. The number of hydrogen-bond acceptors (Lipinski definition) is 14. The number of fused-ring (bicyclic) bond motifs is 10. The first-order chi connectivity index (χ1) is 39.8. The molecule has 5 aliphatic carbocycles. The van der Waals surface area contributed by atoms with Gasteiger partial charge in [0.05, 0.1) is 31.2 Å². The van der Waals surface area contributed by atoms with E-state index in [9.17, 15) is 40.2 Å². The van der Waals surface area contributed by atoms with Crippen molar-refractivity contribution in [3.63, 3.8) is 0 Å². The normalized spacial score (nSPS) is 33.3. The molecule has 3 heterocycles. The summed E-state index contributed by atoms with van der Waals surface area (Å²) in [5, 5.41) is 81.9. The van der Waals surface area contributed by atoms with Crippen LogP contribution in [0.4, 0.5) is 5.69 Å². The van der Waals surface area contributed by atoms with Crippen molar-refractivity contribution in [1.29, 1.82) is 0 Å². The molecule has 11 rings (SSSR count). The van der Waals surface area contributed by atoms with Crippen molar-refractivity contribution in [1.82, 2.24) is 5.32 Å². The Balaban J connectivity index is 1.15. The van der Waals surface area contributed by atoms with Crippen molar-refractivity contribution in [2.24, 2.45) is 35.5 Å². The topological polar surface area (TPSA) is 224 Å². The van der Waals surface area contributed by atoms with Gasteiger partial charge < -0.3 is 55.5 Å². The summed E-state index contributed by atoms with van der Waals surface area (Å²) >= 11 is 0. The number of nitrogens with one attached hydrogen (secondary N) is 2. The van der Waals surface area contributed by atoms with Gasteiger partial charge >= 0.3 is 11.9 Å². The van der Waals surface area contributed by atoms with E-state index in [1.807, 2.05) is 49.5 Å². The SMILES string of the molecule is CN[C@@H]1C[C@@H](CCC(C)C)c2c(NC[C@@](C)(O)[C@H](O)COC)cc([C@@H]3C#C[C@@H]4CC(=O)Oc5c4cc(c(O)c5C4CCCCC4)C[C@H]4OC(=O)/C(=C\[C@H](O)Cc5cccc(c5)C[C@@H]5C(=O)CC[C@@H]6[C@H]5C[C@@H]5C=CCC[C@@H]5[C@]64O)C3)cc2[C@@H]1O. The van der Waals surface area contributed by atoms with Crippen LogP contribution in [0.15, 0.2) is 66.3 Å². The minimum atomic E-state index is -1.68. The van der Waals surface area contributed by atoms with E-state index in [0.717, 1.165) is 61.6 Å². The monoisotopic (exact) mass is 1140 g/mol. The number of anilines is 1. The first-order valence-electron chi connectivity index (χ1n) is 31.2. The molecule has 3 fully saturated rings. The smallest absolute Gasteiger partial charge is 0.334 e. The maximum atomic E-state index is 16.0. The molecule has 3 saturated carbocycles. The molecule has 0 aromatic heterocycles. The minimum Gasteiger partial charge on any atom is -0.507 e. The van der Waals surface area contributed by atoms with Gasteiger partial charge in [0.25, 0.3) is 0 Å². The third-order valence-corrected chi connectivity index (χ3v) is 20.8. The molecule has 3 aromatic carbocycles. The van der Waals surface area contributed by atoms with Gasteiger partial charge in [-0.3, -0.25) is 9.59 Å². The summed E-state index contributed by atoms with van der Waals surface area (Å²) in [6.45, 7) is 5.73. The van der Waals surface area contributed by atoms with Gasteiger partial charge in [0.15, 0.2) is 0 Å². The molecule has 0 saturated heterocycles. The summed E-state index contributed by atoms with van der Waals surface area (Å²) < 4.78 is 18.6. The molecular weight excluding hydrogens is 1050 g/mol. The number of aromatic hydroxyl groups is 1. The fraction of sp³-hybridized carbons (Fsp3) is 0.609. The molecule has 446 valence electrons. The molecule has 83 heavy (non-hydrogen) atoms. The van der Waals surface area contributed by atoms with Crippen LogP contribution in [0.5, 0.6) is 11.5 Å². The first-order valence-corrected chi connectivity index (χ1v) is 31.2. The lowest BCUT2D eigenvalue weighted by Crippen LogP contribution is -2.65. The minimum absolute atomic E-state index is 0.0208. The van der Waals surface area contributed by atoms with Gasteiger partial charge in [0.1, 0.15) is 40.7 Å². The van der Waals surface area contributed by atoms with Crippen molar-refractivity contribution >= 4 is 23.4 Å². The highest BCUT2D eigenvalue weighted by Gasteiger charge is 2.62. The predicted molar refractivity (Wildman–Crippen MR) is 316 cm³/mol. The number of esters is 2. The lowest BCUT2D eigenvalue weighted by molar-refractivity contribution is -0.221. The largest absolute Gasteiger partial charge is 0.507 e. The average molecular weight is 1140 g/mol. The molecule has 8 aliphatic rings. The van der Waals surface area contributed by atoms with Crippen LogP contribution < -0.4 is 15.4 Å². The lowest BCUT2D eigenvalue weighted by Gasteiger charge is -2.58. The van der Waals surface area contributed by atoms with Crippen molar-refractivity contribution < 1.29 is 59.2 Å². The van der Waals surface area contributed by atoms with Crippen molar-refractivity contribution in [3.05, 3.63) is 111 Å². The lowest BCUT2D eigenvalue weighted by atomic mass is 9.49. The predicted octanol–water partition coefficient (Wildman–Crippen LogP) is 9.21. The zero-order chi connectivity index (χ0) is 58.5. The molecule has 14 nitrogen and oxygen atoms in total. The molecule has 8 N–H and O–H groups in total. The van der Waals surface area contributed by atoms with Gasteiger partial charge in [-0.1, -0.05) is 93.9 Å². The second kappa shape index (κ2) is 24.5. The van der Waals surface area contributed by atoms with Crippen LogP contribution in [0.25, 0.3) is 0 Å². The number of hydrogen-bond donors (Lipinski definition) is 8. The Bertz CT molecular complexity index is 3060. The second-order valence-corrected chi connectivity index (χ2v) is 26.7. The summed E-state index contributed by atoms with van der Waals surface area (Å²) in [6.07, 6.45) is 11.1. The molecule has 10 bridgehead atoms. The third-order valence-electron chi connectivity index (χ3n) is 20.8. The van der Waals surface area contributed by atoms with E-state index in [2.05, 4.69) is 48.5 Å². The van der Waals surface area contributed by atoms with Gasteiger partial charge in [-0.15, -0.1) is 0 Å². The van der Waals surface area contributed by atoms with E-state index in [4.69, 9.17) is 14.2 Å². The third kappa shape index (κ3) is 11.9. The highest BCUT2D eigenvalue weighted by molar-refractivity contribution is 5.89. The number of phenolic OH excluding ortho intramolecular Hbond substituents is 1. The Kier molecular flexibility index (Phi) is 17.6. The number of aliphatic hydroxyl groups excluding tert-OH is 3. The van der Waals surface area contributed by atoms with Gasteiger partial charge in [-0.2, -0.15) is 0 Å². The number of allylic oxidation sites excluding steroid dienone is 2. The van der Waals surface area contributed by atoms with E-state index in [1.165, 1.54) is 7.11 Å². The van der Waals surface area contributed by atoms with Crippen LogP contribution in [-0.4, -0.2) is 111 Å². The summed E-state index contributed by atoms with van der Waals surface area (Å²) in [7, 11) is 3.31. The zero-order valence-corrected chi connectivity index (χ0v) is 49.2. The Morgan fingerprint density at radius 2 is 1.66 bits per heavy atom. The number of carbonyl (C=O) groups excluding carboxylic acids is 3. The van der Waals surface area contributed by atoms with Crippen LogP contribution in [-0.2, 0) is 43.1 Å². The Morgan fingerprint density at radius 3 is 2.42 bits per heavy atom. The number of likely N-dealkylation sites (N-methyl/N-ethyl adjacent to an activating group) is 1. The van der Waals surface area contributed by atoms with Crippen LogP contribution in [0.1, 0.15) is 191 Å². The maximum absolute atomic E-state index is 16.0. The number of Topliss-reactive ketones (excluding diaryl/α,β-unsaturated/α-hetero) is 1. The van der Waals surface area contributed by atoms with Crippen molar-refractivity contribution in [3.8, 4) is 23.3 Å². The highest BCUT2D eigenvalue weighted by atomic mass is 16.6. The number of ketones is 1. The summed E-state index contributed by atoms with van der Waals surface area (Å²) in [6, 6.07) is 13.4. The van der Waals surface area contributed by atoms with Gasteiger partial charge in [-0.05, 0) is 171 Å². The average Bonchev–Trinajstić information content (AvgIpc) is 2.22. The number of rotatable bonds is 12. The number of carbonyl (C=O) groups is 3. The van der Waals surface area contributed by atoms with Gasteiger partial charge in [0.2, 0.25) is 0 Å². The molecule has 15 atom stereocenters. The quantitative estimate of drug-likeness (QED) is 0.0367. The standard InChI is InChI=1S/C69H88N2O12/c1-38(2)18-19-45-32-57(70-4)65(77)53-30-46(33-56(62(45)53)71-37-68(3,79)59(74)36-81-5)42-20-21-43-35-61(75)83-66-50(43)31-47(64(76)63(66)41-14-7-6-8-15-41)34-60-69(80)54-17-10-9-16-44(54)29-51-52(58(73)23-22-55(51)69)26-40-13-11-12-39(24-40)25-49(72)28-48(27-42)67(78)82-60/h9,11-13,16,24,28,30-31,33,38,41-45,49,51-52,54-55,57,59-60,65,70-72,74,76-77,79-80H,6-8,10,14-15,17-19,22-23,25-27,29,32,34-37H2,1-5H3/b48-28-/t42-,43-,44+,45-,49-,51+,52+,54+,55-,57-,59-,60-,65+,68-,69+/m1/s1. The van der Waals surface area contributed by atoms with E-state index >= 15 is 4.79 Å². The van der Waals surface area contributed by atoms with E-state index < -0.39 is 71.2 Å².